The van der Waals surface area contributed by atoms with Gasteiger partial charge in [0, 0.05) is 36.0 Å². The first kappa shape index (κ1) is 16.4. The van der Waals surface area contributed by atoms with E-state index >= 15 is 0 Å². The van der Waals surface area contributed by atoms with Crippen LogP contribution >= 0.6 is 24.2 Å². The van der Waals surface area contributed by atoms with Crippen LogP contribution in [0, 0.1) is 0 Å². The van der Waals surface area contributed by atoms with Crippen LogP contribution in [0.1, 0.15) is 11.1 Å². The molecular formula is C17H21ClN2S. The second-order valence-corrected chi connectivity index (χ2v) is 6.08. The van der Waals surface area contributed by atoms with Crippen molar-refractivity contribution in [3.8, 4) is 0 Å². The minimum absolute atomic E-state index is 0. The summed E-state index contributed by atoms with van der Waals surface area (Å²) < 4.78 is 0. The van der Waals surface area contributed by atoms with Crippen LogP contribution in [0.25, 0.3) is 0 Å². The Bertz CT molecular complexity index is 471. The smallest absolute Gasteiger partial charge is 0.0157 e. The molecule has 4 rings (SSSR count). The van der Waals surface area contributed by atoms with Crippen LogP contribution < -0.4 is 10.6 Å². The van der Waals surface area contributed by atoms with Gasteiger partial charge in [-0.05, 0) is 29.7 Å². The Morgan fingerprint density at radius 3 is 1.52 bits per heavy atom. The molecule has 2 aliphatic heterocycles. The maximum atomic E-state index is 3.22. The Morgan fingerprint density at radius 2 is 1.10 bits per heavy atom. The molecule has 112 valence electrons. The topological polar surface area (TPSA) is 24.1 Å². The van der Waals surface area contributed by atoms with E-state index in [0.29, 0.717) is 0 Å². The molecule has 0 saturated carbocycles. The van der Waals surface area contributed by atoms with Gasteiger partial charge >= 0.3 is 0 Å². The molecular weight excluding hydrogens is 300 g/mol. The molecule has 2 heterocycles. The fourth-order valence-electron chi connectivity index (χ4n) is 2.43. The number of piperazine rings is 1. The summed E-state index contributed by atoms with van der Waals surface area (Å²) in [7, 11) is 0. The van der Waals surface area contributed by atoms with Crippen LogP contribution in [0.3, 0.4) is 0 Å². The molecule has 0 spiro atoms. The second kappa shape index (κ2) is 8.44. The molecule has 0 aromatic heterocycles. The summed E-state index contributed by atoms with van der Waals surface area (Å²) >= 11 is 1.88. The van der Waals surface area contributed by atoms with Gasteiger partial charge in [0.1, 0.15) is 0 Å². The summed E-state index contributed by atoms with van der Waals surface area (Å²) in [5, 5.41) is 6.44. The number of fused-ring (bicyclic) bond motifs is 2. The van der Waals surface area contributed by atoms with E-state index in [4.69, 9.17) is 0 Å². The van der Waals surface area contributed by atoms with Crippen molar-refractivity contribution < 1.29 is 0 Å². The molecule has 0 bridgehead atoms. The lowest BCUT2D eigenvalue weighted by Crippen LogP contribution is -2.39. The molecule has 0 atom stereocenters. The molecule has 1 fully saturated rings. The molecule has 4 heteroatoms. The average molecular weight is 321 g/mol. The molecule has 0 amide bonds. The highest BCUT2D eigenvalue weighted by atomic mass is 35.5. The van der Waals surface area contributed by atoms with Crippen molar-refractivity contribution in [2.75, 3.05) is 26.2 Å². The van der Waals surface area contributed by atoms with E-state index in [1.807, 2.05) is 11.8 Å². The molecule has 0 unspecified atom stereocenters. The lowest BCUT2D eigenvalue weighted by Gasteiger charge is -2.17. The summed E-state index contributed by atoms with van der Waals surface area (Å²) in [6.07, 6.45) is 1.08. The lowest BCUT2D eigenvalue weighted by molar-refractivity contribution is 0.534. The SMILES string of the molecule is C1CNCCN1.Cl.c1ccc2c(c1)Cc1ccccc1S2. The third-order valence-electron chi connectivity index (χ3n) is 3.50. The summed E-state index contributed by atoms with van der Waals surface area (Å²) in [4.78, 5) is 2.82. The molecule has 2 N–H and O–H groups in total. The number of hydrogen-bond acceptors (Lipinski definition) is 3. The first-order valence-electron chi connectivity index (χ1n) is 7.18. The number of hydrogen-bond donors (Lipinski definition) is 2. The van der Waals surface area contributed by atoms with E-state index in [1.54, 1.807) is 0 Å². The minimum atomic E-state index is 0. The van der Waals surface area contributed by atoms with Gasteiger partial charge in [0.25, 0.3) is 0 Å². The number of nitrogens with one attached hydrogen (secondary N) is 2. The first-order valence-corrected chi connectivity index (χ1v) is 8.00. The summed E-state index contributed by atoms with van der Waals surface area (Å²) in [5.41, 5.74) is 2.91. The van der Waals surface area contributed by atoms with Gasteiger partial charge in [0.2, 0.25) is 0 Å². The van der Waals surface area contributed by atoms with Crippen molar-refractivity contribution in [1.29, 1.82) is 0 Å². The van der Waals surface area contributed by atoms with Crippen molar-refractivity contribution in [1.82, 2.24) is 10.6 Å². The quantitative estimate of drug-likeness (QED) is 0.664. The van der Waals surface area contributed by atoms with E-state index in [0.717, 1.165) is 32.6 Å². The third-order valence-corrected chi connectivity index (χ3v) is 4.74. The maximum absolute atomic E-state index is 3.22. The average Bonchev–Trinajstić information content (AvgIpc) is 2.55. The van der Waals surface area contributed by atoms with Crippen LogP contribution in [0.4, 0.5) is 0 Å². The van der Waals surface area contributed by atoms with E-state index in [9.17, 15) is 0 Å². The number of benzene rings is 2. The Balaban J connectivity index is 0.000000197. The van der Waals surface area contributed by atoms with Crippen molar-refractivity contribution in [2.45, 2.75) is 16.2 Å². The highest BCUT2D eigenvalue weighted by molar-refractivity contribution is 7.99. The molecule has 0 radical (unpaired) electrons. The molecule has 2 aromatic carbocycles. The highest BCUT2D eigenvalue weighted by Crippen LogP contribution is 2.38. The summed E-state index contributed by atoms with van der Waals surface area (Å²) in [6.45, 7) is 4.56. The second-order valence-electron chi connectivity index (χ2n) is 4.99. The highest BCUT2D eigenvalue weighted by Gasteiger charge is 2.13. The molecule has 1 saturated heterocycles. The van der Waals surface area contributed by atoms with E-state index in [-0.39, 0.29) is 12.4 Å². The normalized spacial score (nSPS) is 15.6. The van der Waals surface area contributed by atoms with Crippen molar-refractivity contribution in [3.63, 3.8) is 0 Å². The predicted octanol–water partition coefficient (Wildman–Crippen LogP) is 3.34. The fraction of sp³-hybridized carbons (Fsp3) is 0.294. The van der Waals surface area contributed by atoms with Gasteiger partial charge < -0.3 is 10.6 Å². The van der Waals surface area contributed by atoms with Crippen LogP contribution in [0.2, 0.25) is 0 Å². The lowest BCUT2D eigenvalue weighted by atomic mass is 10.0. The predicted molar refractivity (Wildman–Crippen MR) is 92.8 cm³/mol. The Hall–Kier alpha value is -1.00. The molecule has 2 aromatic rings. The van der Waals surface area contributed by atoms with Crippen LogP contribution in [-0.2, 0) is 6.42 Å². The van der Waals surface area contributed by atoms with Crippen LogP contribution in [-0.4, -0.2) is 26.2 Å². The van der Waals surface area contributed by atoms with Gasteiger partial charge in [0.15, 0.2) is 0 Å². The van der Waals surface area contributed by atoms with Gasteiger partial charge in [0.05, 0.1) is 0 Å². The Labute approximate surface area is 137 Å². The van der Waals surface area contributed by atoms with Gasteiger partial charge in [-0.2, -0.15) is 0 Å². The van der Waals surface area contributed by atoms with Crippen molar-refractivity contribution in [2.24, 2.45) is 0 Å². The standard InChI is InChI=1S/C13H10S.C4H10N2.ClH/c1-3-7-12-10(5-1)9-11-6-2-4-8-13(11)14-12;1-2-6-4-3-5-1;/h1-8H,9H2;5-6H,1-4H2;1H. The van der Waals surface area contributed by atoms with Crippen LogP contribution in [0.5, 0.6) is 0 Å². The van der Waals surface area contributed by atoms with E-state index in [2.05, 4.69) is 59.2 Å². The Kier molecular flexibility index (Phi) is 6.58. The minimum Gasteiger partial charge on any atom is -0.314 e. The van der Waals surface area contributed by atoms with Gasteiger partial charge in [-0.3, -0.25) is 0 Å². The van der Waals surface area contributed by atoms with Crippen LogP contribution in [0.15, 0.2) is 58.3 Å². The maximum Gasteiger partial charge on any atom is 0.0157 e. The van der Waals surface area contributed by atoms with Gasteiger partial charge in [-0.25, -0.2) is 0 Å². The van der Waals surface area contributed by atoms with Gasteiger partial charge in [-0.15, -0.1) is 12.4 Å². The molecule has 2 aliphatic rings. The van der Waals surface area contributed by atoms with E-state index < -0.39 is 0 Å². The zero-order chi connectivity index (χ0) is 13.6. The third kappa shape index (κ3) is 4.48. The van der Waals surface area contributed by atoms with Crippen molar-refractivity contribution in [3.05, 3.63) is 59.7 Å². The summed E-state index contributed by atoms with van der Waals surface area (Å²) in [6, 6.07) is 17.3. The largest absolute Gasteiger partial charge is 0.314 e. The molecule has 0 aliphatic carbocycles. The van der Waals surface area contributed by atoms with E-state index in [1.165, 1.54) is 20.9 Å². The zero-order valence-electron chi connectivity index (χ0n) is 12.0. The zero-order valence-corrected chi connectivity index (χ0v) is 13.6. The van der Waals surface area contributed by atoms with Gasteiger partial charge in [-0.1, -0.05) is 48.2 Å². The number of halogens is 1. The molecule has 21 heavy (non-hydrogen) atoms. The monoisotopic (exact) mass is 320 g/mol. The van der Waals surface area contributed by atoms with Crippen molar-refractivity contribution >= 4 is 24.2 Å². The first-order chi connectivity index (χ1) is 9.93. The fourth-order valence-corrected chi connectivity index (χ4v) is 3.50. The Morgan fingerprint density at radius 1 is 0.667 bits per heavy atom. The molecule has 2 nitrogen and oxygen atoms in total. The summed E-state index contributed by atoms with van der Waals surface area (Å²) in [5.74, 6) is 0. The number of rotatable bonds is 0.